The van der Waals surface area contributed by atoms with Gasteiger partial charge in [0.15, 0.2) is 0 Å². The van der Waals surface area contributed by atoms with E-state index in [1.54, 1.807) is 12.1 Å². The number of aromatic amines is 1. The summed E-state index contributed by atoms with van der Waals surface area (Å²) in [6, 6.07) is 13.2. The molecule has 2 N–H and O–H groups in total. The Morgan fingerprint density at radius 2 is 2.10 bits per heavy atom. The maximum Gasteiger partial charge on any atom is 0.143 e. The Kier molecular flexibility index (Phi) is 6.05. The van der Waals surface area contributed by atoms with Crippen molar-refractivity contribution in [2.24, 2.45) is 5.92 Å². The fourth-order valence-corrected chi connectivity index (χ4v) is 4.12. The maximum atomic E-state index is 13.5. The highest BCUT2D eigenvalue weighted by Crippen LogP contribution is 2.33. The Balaban J connectivity index is 1.28. The molecule has 1 aliphatic rings. The highest BCUT2D eigenvalue weighted by Gasteiger charge is 2.25. The number of ether oxygens (including phenoxy) is 1. The molecule has 154 valence electrons. The molecule has 0 spiro atoms. The molecule has 1 aliphatic heterocycles. The molecule has 5 heteroatoms. The van der Waals surface area contributed by atoms with Crippen molar-refractivity contribution in [2.75, 3.05) is 31.1 Å². The zero-order chi connectivity index (χ0) is 20.2. The molecule has 2 aromatic carbocycles. The van der Waals surface area contributed by atoms with Crippen LogP contribution < -0.4 is 15.0 Å². The predicted octanol–water partition coefficient (Wildman–Crippen LogP) is 4.75. The molecular formula is C24H30FN3O. The number of para-hydroxylation sites is 2. The number of aryl methyl sites for hydroxylation is 1. The maximum absolute atomic E-state index is 13.5. The van der Waals surface area contributed by atoms with Crippen molar-refractivity contribution in [1.29, 1.82) is 0 Å². The van der Waals surface area contributed by atoms with Crippen LogP contribution in [-0.2, 0) is 6.42 Å². The van der Waals surface area contributed by atoms with E-state index in [1.165, 1.54) is 17.3 Å². The molecule has 0 radical (unpaired) electrons. The van der Waals surface area contributed by atoms with Crippen molar-refractivity contribution in [3.8, 4) is 5.75 Å². The van der Waals surface area contributed by atoms with Gasteiger partial charge in [0.1, 0.15) is 17.7 Å². The summed E-state index contributed by atoms with van der Waals surface area (Å²) >= 11 is 0. The number of benzene rings is 2. The molecule has 0 aliphatic carbocycles. The lowest BCUT2D eigenvalue weighted by Gasteiger charge is -2.37. The lowest BCUT2D eigenvalue weighted by atomic mass is 10.1. The van der Waals surface area contributed by atoms with Crippen molar-refractivity contribution in [2.45, 2.75) is 32.8 Å². The molecule has 3 aromatic rings. The molecule has 0 saturated heterocycles. The van der Waals surface area contributed by atoms with Crippen LogP contribution in [0.2, 0.25) is 0 Å². The average molecular weight is 396 g/mol. The first-order valence-electron chi connectivity index (χ1n) is 10.6. The first kappa shape index (κ1) is 19.8. The number of H-pyrrole nitrogens is 1. The molecule has 4 nitrogen and oxygen atoms in total. The van der Waals surface area contributed by atoms with Gasteiger partial charge in [0.05, 0.1) is 12.2 Å². The zero-order valence-corrected chi connectivity index (χ0v) is 17.2. The quantitative estimate of drug-likeness (QED) is 0.541. The fourth-order valence-electron chi connectivity index (χ4n) is 4.12. The number of rotatable bonds is 8. The normalized spacial score (nSPS) is 16.3. The van der Waals surface area contributed by atoms with Crippen LogP contribution in [0.25, 0.3) is 10.9 Å². The summed E-state index contributed by atoms with van der Waals surface area (Å²) in [5.74, 6) is 1.40. The second-order valence-corrected chi connectivity index (χ2v) is 8.32. The van der Waals surface area contributed by atoms with E-state index in [1.807, 2.05) is 12.3 Å². The topological polar surface area (TPSA) is 40.3 Å². The van der Waals surface area contributed by atoms with Gasteiger partial charge < -0.3 is 19.9 Å². The summed E-state index contributed by atoms with van der Waals surface area (Å²) < 4.78 is 19.7. The second-order valence-electron chi connectivity index (χ2n) is 8.32. The Hall–Kier alpha value is -2.53. The van der Waals surface area contributed by atoms with Gasteiger partial charge in [-0.15, -0.1) is 0 Å². The molecule has 1 unspecified atom stereocenters. The van der Waals surface area contributed by atoms with E-state index in [0.717, 1.165) is 55.7 Å². The second kappa shape index (κ2) is 8.87. The Morgan fingerprint density at radius 1 is 1.24 bits per heavy atom. The number of hydrogen-bond acceptors (Lipinski definition) is 3. The Labute approximate surface area is 172 Å². The van der Waals surface area contributed by atoms with E-state index >= 15 is 0 Å². The van der Waals surface area contributed by atoms with E-state index in [-0.39, 0.29) is 11.9 Å². The van der Waals surface area contributed by atoms with Crippen LogP contribution in [0.3, 0.4) is 0 Å². The van der Waals surface area contributed by atoms with Gasteiger partial charge in [0.25, 0.3) is 0 Å². The van der Waals surface area contributed by atoms with Crippen LogP contribution in [0.4, 0.5) is 10.1 Å². The van der Waals surface area contributed by atoms with Crippen molar-refractivity contribution in [1.82, 2.24) is 10.3 Å². The summed E-state index contributed by atoms with van der Waals surface area (Å²) in [6.07, 6.45) is 4.06. The third-order valence-electron chi connectivity index (χ3n) is 5.41. The number of hydrogen-bond donors (Lipinski definition) is 2. The molecular weight excluding hydrogens is 365 g/mol. The largest absolute Gasteiger partial charge is 0.485 e. The van der Waals surface area contributed by atoms with Gasteiger partial charge in [-0.05, 0) is 61.2 Å². The van der Waals surface area contributed by atoms with Crippen LogP contribution >= 0.6 is 0 Å². The molecule has 29 heavy (non-hydrogen) atoms. The first-order valence-corrected chi connectivity index (χ1v) is 10.6. The fraction of sp³-hybridized carbons (Fsp3) is 0.417. The lowest BCUT2D eigenvalue weighted by Crippen LogP contribution is -2.46. The minimum absolute atomic E-state index is 0.144. The lowest BCUT2D eigenvalue weighted by molar-refractivity contribution is 0.188. The molecule has 2 heterocycles. The summed E-state index contributed by atoms with van der Waals surface area (Å²) in [7, 11) is 0. The third kappa shape index (κ3) is 4.73. The van der Waals surface area contributed by atoms with Crippen LogP contribution in [0.1, 0.15) is 25.8 Å². The Morgan fingerprint density at radius 3 is 2.97 bits per heavy atom. The van der Waals surface area contributed by atoms with Gasteiger partial charge in [-0.3, -0.25) is 0 Å². The number of nitrogens with one attached hydrogen (secondary N) is 2. The van der Waals surface area contributed by atoms with Crippen molar-refractivity contribution < 1.29 is 9.13 Å². The summed E-state index contributed by atoms with van der Waals surface area (Å²) in [5.41, 5.74) is 3.37. The van der Waals surface area contributed by atoms with Crippen molar-refractivity contribution in [3.63, 3.8) is 0 Å². The van der Waals surface area contributed by atoms with Gasteiger partial charge in [-0.2, -0.15) is 0 Å². The SMILES string of the molecule is CC(C)CN1CC(CNCCCc2c[nH]c3ccc(F)cc23)Oc2ccccc21. The van der Waals surface area contributed by atoms with Gasteiger partial charge in [0, 0.05) is 30.2 Å². The molecule has 1 aromatic heterocycles. The van der Waals surface area contributed by atoms with Gasteiger partial charge in [0.2, 0.25) is 0 Å². The number of halogens is 1. The summed E-state index contributed by atoms with van der Waals surface area (Å²) in [5, 5.41) is 4.53. The molecule has 1 atom stereocenters. The molecule has 4 rings (SSSR count). The van der Waals surface area contributed by atoms with Crippen LogP contribution in [-0.4, -0.2) is 37.3 Å². The van der Waals surface area contributed by atoms with Crippen LogP contribution in [0.5, 0.6) is 5.75 Å². The third-order valence-corrected chi connectivity index (χ3v) is 5.41. The minimum atomic E-state index is -0.183. The van der Waals surface area contributed by atoms with E-state index in [0.29, 0.717) is 5.92 Å². The van der Waals surface area contributed by atoms with Crippen molar-refractivity contribution in [3.05, 3.63) is 60.0 Å². The average Bonchev–Trinajstić information content (AvgIpc) is 3.09. The van der Waals surface area contributed by atoms with Gasteiger partial charge in [-0.25, -0.2) is 4.39 Å². The van der Waals surface area contributed by atoms with E-state index in [2.05, 4.69) is 47.2 Å². The number of anilines is 1. The zero-order valence-electron chi connectivity index (χ0n) is 17.2. The smallest absolute Gasteiger partial charge is 0.143 e. The van der Waals surface area contributed by atoms with Crippen LogP contribution in [0.15, 0.2) is 48.7 Å². The van der Waals surface area contributed by atoms with Gasteiger partial charge >= 0.3 is 0 Å². The molecule has 0 saturated carbocycles. The Bertz CT molecular complexity index is 952. The van der Waals surface area contributed by atoms with E-state index in [4.69, 9.17) is 4.74 Å². The number of fused-ring (bicyclic) bond motifs is 2. The van der Waals surface area contributed by atoms with Gasteiger partial charge in [-0.1, -0.05) is 26.0 Å². The van der Waals surface area contributed by atoms with E-state index in [9.17, 15) is 4.39 Å². The standard InChI is InChI=1S/C24H30FN3O/c1-17(2)15-28-16-20(29-24-8-4-3-7-23(24)28)14-26-11-5-6-18-13-27-22-10-9-19(25)12-21(18)22/h3-4,7-10,12-13,17,20,26-27H,5-6,11,14-16H2,1-2H3. The van der Waals surface area contributed by atoms with Crippen LogP contribution in [0, 0.1) is 11.7 Å². The predicted molar refractivity (Wildman–Crippen MR) is 117 cm³/mol. The monoisotopic (exact) mass is 395 g/mol. The molecule has 0 fully saturated rings. The summed E-state index contributed by atoms with van der Waals surface area (Å²) in [4.78, 5) is 5.67. The van der Waals surface area contributed by atoms with Crippen molar-refractivity contribution >= 4 is 16.6 Å². The first-order chi connectivity index (χ1) is 14.1. The summed E-state index contributed by atoms with van der Waals surface area (Å²) in [6.45, 7) is 8.18. The molecule has 0 amide bonds. The minimum Gasteiger partial charge on any atom is -0.485 e. The van der Waals surface area contributed by atoms with E-state index < -0.39 is 0 Å². The highest BCUT2D eigenvalue weighted by atomic mass is 19.1. The number of aromatic nitrogens is 1. The number of nitrogens with zero attached hydrogens (tertiary/aromatic N) is 1. The highest BCUT2D eigenvalue weighted by molar-refractivity contribution is 5.83. The molecule has 0 bridgehead atoms.